The first-order chi connectivity index (χ1) is 9.85. The molecule has 0 saturated carbocycles. The zero-order valence-corrected chi connectivity index (χ0v) is 11.4. The minimum Gasteiger partial charge on any atom is -0.494 e. The Hall–Kier alpha value is -2.49. The van der Waals surface area contributed by atoms with Gasteiger partial charge in [-0.05, 0) is 42.8 Å². The molecular formula is C16H17N3O. The van der Waals surface area contributed by atoms with Crippen molar-refractivity contribution in [1.82, 2.24) is 10.2 Å². The van der Waals surface area contributed by atoms with Gasteiger partial charge in [-0.2, -0.15) is 5.10 Å². The number of nitrogens with zero attached hydrogens (tertiary/aromatic N) is 1. The number of benzene rings is 2. The summed E-state index contributed by atoms with van der Waals surface area (Å²) in [6, 6.07) is 14.3. The molecule has 0 aliphatic heterocycles. The zero-order valence-electron chi connectivity index (χ0n) is 11.4. The number of fused-ring (bicyclic) bond motifs is 1. The van der Waals surface area contributed by atoms with Crippen molar-refractivity contribution in [1.29, 1.82) is 0 Å². The molecule has 20 heavy (non-hydrogen) atoms. The fourth-order valence-corrected chi connectivity index (χ4v) is 2.12. The van der Waals surface area contributed by atoms with Crippen LogP contribution < -0.4 is 10.1 Å². The van der Waals surface area contributed by atoms with Gasteiger partial charge in [0.25, 0.3) is 0 Å². The Morgan fingerprint density at radius 3 is 2.80 bits per heavy atom. The molecule has 0 bridgehead atoms. The van der Waals surface area contributed by atoms with Gasteiger partial charge in [0.1, 0.15) is 5.75 Å². The quantitative estimate of drug-likeness (QED) is 0.743. The molecular weight excluding hydrogens is 250 g/mol. The van der Waals surface area contributed by atoms with E-state index < -0.39 is 0 Å². The van der Waals surface area contributed by atoms with Gasteiger partial charge in [-0.15, -0.1) is 0 Å². The van der Waals surface area contributed by atoms with E-state index in [0.717, 1.165) is 28.9 Å². The minimum atomic E-state index is 0.696. The van der Waals surface area contributed by atoms with Crippen LogP contribution in [-0.4, -0.2) is 16.8 Å². The Kier molecular flexibility index (Phi) is 3.54. The molecule has 0 unspecified atom stereocenters. The molecule has 2 N–H and O–H groups in total. The molecule has 3 aromatic rings. The Bertz CT molecular complexity index is 688. The first-order valence-corrected chi connectivity index (χ1v) is 6.74. The third kappa shape index (κ3) is 2.74. The molecule has 2 aromatic carbocycles. The van der Waals surface area contributed by atoms with Crippen LogP contribution in [0.2, 0.25) is 0 Å². The van der Waals surface area contributed by atoms with Gasteiger partial charge in [0.15, 0.2) is 0 Å². The van der Waals surface area contributed by atoms with Gasteiger partial charge in [-0.3, -0.25) is 5.10 Å². The average molecular weight is 267 g/mol. The third-order valence-corrected chi connectivity index (χ3v) is 3.17. The summed E-state index contributed by atoms with van der Waals surface area (Å²) < 4.78 is 5.43. The SMILES string of the molecule is CCOc1ccc(CNc2ccc3cn[nH]c3c2)cc1. The molecule has 0 aliphatic rings. The number of aromatic amines is 1. The van der Waals surface area contributed by atoms with Crippen molar-refractivity contribution in [2.75, 3.05) is 11.9 Å². The van der Waals surface area contributed by atoms with Crippen LogP contribution in [0.15, 0.2) is 48.7 Å². The van der Waals surface area contributed by atoms with Crippen molar-refractivity contribution in [3.8, 4) is 5.75 Å². The topological polar surface area (TPSA) is 49.9 Å². The van der Waals surface area contributed by atoms with Crippen LogP contribution in [0.25, 0.3) is 10.9 Å². The van der Waals surface area contributed by atoms with Crippen molar-refractivity contribution in [2.24, 2.45) is 0 Å². The van der Waals surface area contributed by atoms with Gasteiger partial charge < -0.3 is 10.1 Å². The van der Waals surface area contributed by atoms with E-state index in [0.29, 0.717) is 6.61 Å². The molecule has 1 heterocycles. The number of rotatable bonds is 5. The van der Waals surface area contributed by atoms with Crippen molar-refractivity contribution in [3.63, 3.8) is 0 Å². The minimum absolute atomic E-state index is 0.696. The normalized spacial score (nSPS) is 10.7. The average Bonchev–Trinajstić information content (AvgIpc) is 2.94. The van der Waals surface area contributed by atoms with Crippen LogP contribution in [-0.2, 0) is 6.54 Å². The van der Waals surface area contributed by atoms with E-state index in [4.69, 9.17) is 4.74 Å². The largest absolute Gasteiger partial charge is 0.494 e. The van der Waals surface area contributed by atoms with E-state index in [1.807, 2.05) is 25.3 Å². The maximum atomic E-state index is 5.43. The number of ether oxygens (including phenoxy) is 1. The summed E-state index contributed by atoms with van der Waals surface area (Å²) in [7, 11) is 0. The molecule has 0 amide bonds. The van der Waals surface area contributed by atoms with Crippen molar-refractivity contribution >= 4 is 16.6 Å². The zero-order chi connectivity index (χ0) is 13.8. The summed E-state index contributed by atoms with van der Waals surface area (Å²) in [4.78, 5) is 0. The predicted octanol–water partition coefficient (Wildman–Crippen LogP) is 3.57. The van der Waals surface area contributed by atoms with E-state index in [1.54, 1.807) is 0 Å². The molecule has 0 atom stereocenters. The summed E-state index contributed by atoms with van der Waals surface area (Å²) in [5, 5.41) is 11.5. The lowest BCUT2D eigenvalue weighted by Gasteiger charge is -2.08. The van der Waals surface area contributed by atoms with Crippen molar-refractivity contribution < 1.29 is 4.74 Å². The Labute approximate surface area is 117 Å². The second kappa shape index (κ2) is 5.65. The van der Waals surface area contributed by atoms with Gasteiger partial charge in [0, 0.05) is 17.6 Å². The predicted molar refractivity (Wildman–Crippen MR) is 81.0 cm³/mol. The van der Waals surface area contributed by atoms with Crippen LogP contribution >= 0.6 is 0 Å². The Morgan fingerprint density at radius 2 is 2.00 bits per heavy atom. The van der Waals surface area contributed by atoms with Gasteiger partial charge in [0.2, 0.25) is 0 Å². The number of anilines is 1. The van der Waals surface area contributed by atoms with Crippen LogP contribution in [0.1, 0.15) is 12.5 Å². The summed E-state index contributed by atoms with van der Waals surface area (Å²) in [5.74, 6) is 0.912. The highest BCUT2D eigenvalue weighted by molar-refractivity contribution is 5.81. The monoisotopic (exact) mass is 267 g/mol. The number of hydrogen-bond acceptors (Lipinski definition) is 3. The highest BCUT2D eigenvalue weighted by Gasteiger charge is 1.99. The van der Waals surface area contributed by atoms with Crippen molar-refractivity contribution in [2.45, 2.75) is 13.5 Å². The van der Waals surface area contributed by atoms with E-state index >= 15 is 0 Å². The van der Waals surface area contributed by atoms with Gasteiger partial charge in [-0.25, -0.2) is 0 Å². The highest BCUT2D eigenvalue weighted by atomic mass is 16.5. The molecule has 0 radical (unpaired) electrons. The van der Waals surface area contributed by atoms with E-state index in [1.165, 1.54) is 5.56 Å². The number of nitrogens with one attached hydrogen (secondary N) is 2. The smallest absolute Gasteiger partial charge is 0.119 e. The lowest BCUT2D eigenvalue weighted by atomic mass is 10.2. The summed E-state index contributed by atoms with van der Waals surface area (Å²) in [6.45, 7) is 3.47. The molecule has 4 heteroatoms. The lowest BCUT2D eigenvalue weighted by Crippen LogP contribution is -1.99. The molecule has 1 aromatic heterocycles. The van der Waals surface area contributed by atoms with Gasteiger partial charge in [0.05, 0.1) is 18.3 Å². The first-order valence-electron chi connectivity index (χ1n) is 6.74. The first kappa shape index (κ1) is 12.5. The number of aromatic nitrogens is 2. The Balaban J connectivity index is 1.66. The second-order valence-corrected chi connectivity index (χ2v) is 4.60. The number of H-pyrrole nitrogens is 1. The second-order valence-electron chi connectivity index (χ2n) is 4.60. The molecule has 0 saturated heterocycles. The lowest BCUT2D eigenvalue weighted by molar-refractivity contribution is 0.340. The van der Waals surface area contributed by atoms with Crippen molar-refractivity contribution in [3.05, 3.63) is 54.2 Å². The van der Waals surface area contributed by atoms with Gasteiger partial charge in [-0.1, -0.05) is 12.1 Å². The Morgan fingerprint density at radius 1 is 1.15 bits per heavy atom. The molecule has 102 valence electrons. The fourth-order valence-electron chi connectivity index (χ4n) is 2.12. The summed E-state index contributed by atoms with van der Waals surface area (Å²) in [5.41, 5.74) is 3.34. The summed E-state index contributed by atoms with van der Waals surface area (Å²) >= 11 is 0. The molecule has 4 nitrogen and oxygen atoms in total. The van der Waals surface area contributed by atoms with E-state index in [9.17, 15) is 0 Å². The fraction of sp³-hybridized carbons (Fsp3) is 0.188. The highest BCUT2D eigenvalue weighted by Crippen LogP contribution is 2.18. The molecule has 0 spiro atoms. The molecule has 3 rings (SSSR count). The molecule has 0 aliphatic carbocycles. The van der Waals surface area contributed by atoms with Crippen LogP contribution in [0, 0.1) is 0 Å². The maximum Gasteiger partial charge on any atom is 0.119 e. The molecule has 0 fully saturated rings. The van der Waals surface area contributed by atoms with Gasteiger partial charge >= 0.3 is 0 Å². The van der Waals surface area contributed by atoms with Crippen LogP contribution in [0.4, 0.5) is 5.69 Å². The standard InChI is InChI=1S/C16H17N3O/c1-2-20-15-7-3-12(4-8-15)10-17-14-6-5-13-11-18-19-16(13)9-14/h3-9,11,17H,2,10H2,1H3,(H,18,19). The van der Waals surface area contributed by atoms with Crippen LogP contribution in [0.5, 0.6) is 5.75 Å². The summed E-state index contributed by atoms with van der Waals surface area (Å²) in [6.07, 6.45) is 1.82. The van der Waals surface area contributed by atoms with E-state index in [-0.39, 0.29) is 0 Å². The third-order valence-electron chi connectivity index (χ3n) is 3.17. The van der Waals surface area contributed by atoms with Crippen LogP contribution in [0.3, 0.4) is 0 Å². The number of hydrogen-bond donors (Lipinski definition) is 2. The maximum absolute atomic E-state index is 5.43. The van der Waals surface area contributed by atoms with E-state index in [2.05, 4.69) is 45.8 Å².